The van der Waals surface area contributed by atoms with Crippen LogP contribution in [0.25, 0.3) is 0 Å². The lowest BCUT2D eigenvalue weighted by Crippen LogP contribution is -2.04. The van der Waals surface area contributed by atoms with Crippen LogP contribution in [-0.4, -0.2) is 27.1 Å². The van der Waals surface area contributed by atoms with Gasteiger partial charge in [0.15, 0.2) is 0 Å². The zero-order valence-corrected chi connectivity index (χ0v) is 11.1. The van der Waals surface area contributed by atoms with Gasteiger partial charge in [-0.1, -0.05) is 12.1 Å². The van der Waals surface area contributed by atoms with Gasteiger partial charge in [0.25, 0.3) is 0 Å². The summed E-state index contributed by atoms with van der Waals surface area (Å²) in [6.45, 7) is 1.03. The number of rotatable bonds is 4. The van der Waals surface area contributed by atoms with E-state index >= 15 is 0 Å². The van der Waals surface area contributed by atoms with Crippen molar-refractivity contribution in [2.24, 2.45) is 0 Å². The number of nitrogens with zero attached hydrogens (tertiary/aromatic N) is 3. The van der Waals surface area contributed by atoms with Crippen LogP contribution in [0, 0.1) is 0 Å². The van der Waals surface area contributed by atoms with E-state index in [1.807, 2.05) is 30.2 Å². The van der Waals surface area contributed by atoms with E-state index in [1.54, 1.807) is 7.11 Å². The van der Waals surface area contributed by atoms with E-state index in [1.165, 1.54) is 5.56 Å². The van der Waals surface area contributed by atoms with Crippen molar-refractivity contribution in [3.05, 3.63) is 42.0 Å². The molecule has 18 heavy (non-hydrogen) atoms. The fourth-order valence-electron chi connectivity index (χ4n) is 2.12. The van der Waals surface area contributed by atoms with Crippen LogP contribution in [0.15, 0.2) is 30.6 Å². The quantitative estimate of drug-likeness (QED) is 0.845. The maximum Gasteiger partial charge on any atom is 0.134 e. The van der Waals surface area contributed by atoms with Crippen LogP contribution >= 0.6 is 11.8 Å². The topological polar surface area (TPSA) is 39.9 Å². The molecule has 0 aliphatic carbocycles. The molecule has 2 heterocycles. The lowest BCUT2D eigenvalue weighted by molar-refractivity contribution is 0.414. The molecule has 1 aliphatic rings. The average Bonchev–Trinajstić information content (AvgIpc) is 2.97. The summed E-state index contributed by atoms with van der Waals surface area (Å²) >= 11 is 1.98. The van der Waals surface area contributed by atoms with Gasteiger partial charge < -0.3 is 9.30 Å². The molecule has 5 heteroatoms. The highest BCUT2D eigenvalue weighted by Crippen LogP contribution is 2.27. The van der Waals surface area contributed by atoms with E-state index < -0.39 is 0 Å². The fraction of sp³-hybridized carbons (Fsp3) is 0.385. The monoisotopic (exact) mass is 261 g/mol. The third kappa shape index (κ3) is 2.36. The van der Waals surface area contributed by atoms with Crippen molar-refractivity contribution < 1.29 is 4.74 Å². The number of methoxy groups -OCH3 is 1. The standard InChI is InChI=1S/C13H15N3OS/c1-17-11-4-2-10(3-5-11)8-18-12-6-13-15-14-9-16(13)7-12/h2-5,9,12H,6-8H2,1H3. The predicted molar refractivity (Wildman–Crippen MR) is 71.8 cm³/mol. The smallest absolute Gasteiger partial charge is 0.134 e. The number of fused-ring (bicyclic) bond motifs is 1. The highest BCUT2D eigenvalue weighted by Gasteiger charge is 2.22. The van der Waals surface area contributed by atoms with Crippen LogP contribution in [0.1, 0.15) is 11.4 Å². The third-order valence-corrected chi connectivity index (χ3v) is 4.44. The first-order valence-electron chi connectivity index (χ1n) is 5.96. The molecule has 94 valence electrons. The molecule has 0 bridgehead atoms. The number of hydrogen-bond acceptors (Lipinski definition) is 4. The first-order valence-corrected chi connectivity index (χ1v) is 7.01. The summed E-state index contributed by atoms with van der Waals surface area (Å²) in [5.74, 6) is 3.06. The molecule has 0 saturated carbocycles. The Morgan fingerprint density at radius 1 is 1.39 bits per heavy atom. The number of benzene rings is 1. The largest absolute Gasteiger partial charge is 0.497 e. The normalized spacial score (nSPS) is 17.7. The minimum absolute atomic E-state index is 0.623. The summed E-state index contributed by atoms with van der Waals surface area (Å²) in [5, 5.41) is 8.64. The maximum absolute atomic E-state index is 5.15. The van der Waals surface area contributed by atoms with Crippen LogP contribution in [-0.2, 0) is 18.7 Å². The van der Waals surface area contributed by atoms with Crippen molar-refractivity contribution in [2.45, 2.75) is 24.0 Å². The molecule has 0 fully saturated rings. The van der Waals surface area contributed by atoms with E-state index in [-0.39, 0.29) is 0 Å². The number of ether oxygens (including phenoxy) is 1. The average molecular weight is 261 g/mol. The summed E-state index contributed by atoms with van der Waals surface area (Å²) in [7, 11) is 1.69. The second-order valence-corrected chi connectivity index (χ2v) is 5.67. The molecule has 0 saturated heterocycles. The van der Waals surface area contributed by atoms with Gasteiger partial charge in [-0.15, -0.1) is 10.2 Å². The summed E-state index contributed by atoms with van der Waals surface area (Å²) in [4.78, 5) is 0. The molecule has 0 radical (unpaired) electrons. The van der Waals surface area contributed by atoms with Gasteiger partial charge in [0.05, 0.1) is 7.11 Å². The van der Waals surface area contributed by atoms with Crippen molar-refractivity contribution in [3.63, 3.8) is 0 Å². The molecule has 4 nitrogen and oxygen atoms in total. The Labute approximate surface area is 110 Å². The van der Waals surface area contributed by atoms with Gasteiger partial charge in [-0.3, -0.25) is 0 Å². The zero-order valence-electron chi connectivity index (χ0n) is 10.2. The number of hydrogen-bond donors (Lipinski definition) is 0. The van der Waals surface area contributed by atoms with Gasteiger partial charge in [0.2, 0.25) is 0 Å². The molecule has 0 spiro atoms. The second-order valence-electron chi connectivity index (χ2n) is 4.38. The van der Waals surface area contributed by atoms with Crippen molar-refractivity contribution in [2.75, 3.05) is 7.11 Å². The van der Waals surface area contributed by atoms with Crippen molar-refractivity contribution in [3.8, 4) is 5.75 Å². The van der Waals surface area contributed by atoms with Crippen molar-refractivity contribution in [1.29, 1.82) is 0 Å². The van der Waals surface area contributed by atoms with E-state index in [0.29, 0.717) is 5.25 Å². The summed E-state index contributed by atoms with van der Waals surface area (Å²) in [5.41, 5.74) is 1.34. The van der Waals surface area contributed by atoms with Crippen LogP contribution in [0.4, 0.5) is 0 Å². The number of aromatic nitrogens is 3. The fourth-order valence-corrected chi connectivity index (χ4v) is 3.28. The van der Waals surface area contributed by atoms with Crippen LogP contribution < -0.4 is 4.74 Å². The van der Waals surface area contributed by atoms with E-state index in [2.05, 4.69) is 26.9 Å². The van der Waals surface area contributed by atoms with Gasteiger partial charge in [-0.05, 0) is 17.7 Å². The Balaban J connectivity index is 1.54. The van der Waals surface area contributed by atoms with E-state index in [0.717, 1.165) is 30.3 Å². The minimum Gasteiger partial charge on any atom is -0.497 e. The minimum atomic E-state index is 0.623. The lowest BCUT2D eigenvalue weighted by Gasteiger charge is -2.08. The molecule has 1 unspecified atom stereocenters. The molecule has 1 aromatic heterocycles. The summed E-state index contributed by atoms with van der Waals surface area (Å²) in [6.07, 6.45) is 2.85. The highest BCUT2D eigenvalue weighted by atomic mass is 32.2. The molecule has 1 atom stereocenters. The third-order valence-electron chi connectivity index (χ3n) is 3.15. The second kappa shape index (κ2) is 5.02. The Hall–Kier alpha value is -1.49. The van der Waals surface area contributed by atoms with Gasteiger partial charge >= 0.3 is 0 Å². The number of thioether (sulfide) groups is 1. The lowest BCUT2D eigenvalue weighted by atomic mass is 10.2. The van der Waals surface area contributed by atoms with Crippen molar-refractivity contribution >= 4 is 11.8 Å². The van der Waals surface area contributed by atoms with Crippen molar-refractivity contribution in [1.82, 2.24) is 14.8 Å². The highest BCUT2D eigenvalue weighted by molar-refractivity contribution is 7.99. The van der Waals surface area contributed by atoms with Gasteiger partial charge in [0.1, 0.15) is 17.9 Å². The van der Waals surface area contributed by atoms with Crippen LogP contribution in [0.3, 0.4) is 0 Å². The molecule has 1 aliphatic heterocycles. The molecular formula is C13H15N3OS. The molecule has 1 aromatic carbocycles. The van der Waals surface area contributed by atoms with Gasteiger partial charge in [-0.25, -0.2) is 0 Å². The first kappa shape index (κ1) is 11.6. The Morgan fingerprint density at radius 2 is 2.22 bits per heavy atom. The SMILES string of the molecule is COc1ccc(CSC2Cc3nncn3C2)cc1. The zero-order chi connectivity index (χ0) is 12.4. The molecular weight excluding hydrogens is 246 g/mol. The molecule has 3 rings (SSSR count). The predicted octanol–water partition coefficient (Wildman–Crippen LogP) is 2.14. The van der Waals surface area contributed by atoms with Gasteiger partial charge in [-0.2, -0.15) is 11.8 Å². The van der Waals surface area contributed by atoms with Gasteiger partial charge in [0, 0.05) is 24.0 Å². The van der Waals surface area contributed by atoms with Crippen LogP contribution in [0.5, 0.6) is 5.75 Å². The maximum atomic E-state index is 5.15. The summed E-state index contributed by atoms with van der Waals surface area (Å²) < 4.78 is 7.30. The van der Waals surface area contributed by atoms with E-state index in [4.69, 9.17) is 4.74 Å². The van der Waals surface area contributed by atoms with E-state index in [9.17, 15) is 0 Å². The Morgan fingerprint density at radius 3 is 2.94 bits per heavy atom. The Bertz CT molecular complexity index is 503. The molecule has 0 N–H and O–H groups in total. The Kier molecular flexibility index (Phi) is 3.23. The molecule has 0 amide bonds. The molecule has 2 aromatic rings. The summed E-state index contributed by atoms with van der Waals surface area (Å²) in [6, 6.07) is 8.28. The van der Waals surface area contributed by atoms with Crippen LogP contribution in [0.2, 0.25) is 0 Å². The first-order chi connectivity index (χ1) is 8.85.